The lowest BCUT2D eigenvalue weighted by atomic mass is 10.0. The van der Waals surface area contributed by atoms with Crippen molar-refractivity contribution in [3.8, 4) is 11.4 Å². The molecule has 2 amide bonds. The topological polar surface area (TPSA) is 93.0 Å². The van der Waals surface area contributed by atoms with Gasteiger partial charge in [0.1, 0.15) is 6.54 Å². The van der Waals surface area contributed by atoms with E-state index in [0.717, 1.165) is 5.56 Å². The van der Waals surface area contributed by atoms with Gasteiger partial charge in [0, 0.05) is 30.9 Å². The van der Waals surface area contributed by atoms with E-state index in [1.54, 1.807) is 38.4 Å². The quantitative estimate of drug-likeness (QED) is 0.696. The van der Waals surface area contributed by atoms with Crippen molar-refractivity contribution in [1.29, 1.82) is 0 Å². The van der Waals surface area contributed by atoms with Crippen LogP contribution in [0.3, 0.4) is 0 Å². The van der Waals surface area contributed by atoms with Crippen LogP contribution >= 0.6 is 0 Å². The monoisotopic (exact) mass is 392 g/mol. The van der Waals surface area contributed by atoms with Crippen molar-refractivity contribution < 1.29 is 9.59 Å². The molecule has 1 N–H and O–H groups in total. The number of carbonyl (C=O) groups excluding carboxylic acids is 2. The lowest BCUT2D eigenvalue weighted by molar-refractivity contribution is -0.117. The summed E-state index contributed by atoms with van der Waals surface area (Å²) in [7, 11) is 3.38. The molecule has 0 radical (unpaired) electrons. The minimum absolute atomic E-state index is 0.0601. The third-order valence-corrected chi connectivity index (χ3v) is 4.40. The Morgan fingerprint density at radius 3 is 2.28 bits per heavy atom. The van der Waals surface area contributed by atoms with Gasteiger partial charge in [-0.25, -0.2) is 0 Å². The number of nitrogens with zero attached hydrogens (tertiary/aromatic N) is 5. The molecule has 0 saturated carbocycles. The van der Waals surface area contributed by atoms with Gasteiger partial charge in [0.2, 0.25) is 11.7 Å². The van der Waals surface area contributed by atoms with E-state index in [2.05, 4.69) is 34.6 Å². The highest BCUT2D eigenvalue weighted by molar-refractivity contribution is 5.95. The van der Waals surface area contributed by atoms with Gasteiger partial charge in [-0.15, -0.1) is 10.2 Å². The molecule has 29 heavy (non-hydrogen) atoms. The van der Waals surface area contributed by atoms with Crippen molar-refractivity contribution in [3.63, 3.8) is 0 Å². The summed E-state index contributed by atoms with van der Waals surface area (Å²) in [5.74, 6) is 0.547. The fraction of sp³-hybridized carbons (Fsp3) is 0.286. The van der Waals surface area contributed by atoms with E-state index >= 15 is 0 Å². The summed E-state index contributed by atoms with van der Waals surface area (Å²) in [5, 5.41) is 15.0. The molecule has 0 unspecified atom stereocenters. The van der Waals surface area contributed by atoms with Crippen LogP contribution in [-0.4, -0.2) is 51.0 Å². The summed E-state index contributed by atoms with van der Waals surface area (Å²) in [6, 6.07) is 14.7. The number of benzene rings is 2. The second-order valence-electron chi connectivity index (χ2n) is 7.25. The Balaban J connectivity index is 1.61. The fourth-order valence-corrected chi connectivity index (χ4v) is 2.73. The van der Waals surface area contributed by atoms with Crippen LogP contribution in [0.15, 0.2) is 48.5 Å². The van der Waals surface area contributed by atoms with Gasteiger partial charge >= 0.3 is 0 Å². The largest absolute Gasteiger partial charge is 0.345 e. The van der Waals surface area contributed by atoms with Crippen LogP contribution in [0.2, 0.25) is 0 Å². The Labute approximate surface area is 169 Å². The summed E-state index contributed by atoms with van der Waals surface area (Å²) >= 11 is 0. The summed E-state index contributed by atoms with van der Waals surface area (Å²) in [4.78, 5) is 26.9. The van der Waals surface area contributed by atoms with Gasteiger partial charge in [-0.05, 0) is 41.0 Å². The van der Waals surface area contributed by atoms with E-state index in [9.17, 15) is 9.59 Å². The van der Waals surface area contributed by atoms with Crippen LogP contribution in [0.4, 0.5) is 5.69 Å². The molecule has 8 heteroatoms. The number of aromatic nitrogens is 4. The van der Waals surface area contributed by atoms with E-state index in [4.69, 9.17) is 0 Å². The molecule has 0 fully saturated rings. The Morgan fingerprint density at radius 2 is 1.69 bits per heavy atom. The Kier molecular flexibility index (Phi) is 6.01. The zero-order valence-electron chi connectivity index (χ0n) is 17.0. The standard InChI is InChI=1S/C21H24N6O2/c1-14(2)15-5-7-16(8-6-15)20-23-25-27(24-20)13-19(28)22-18-11-9-17(10-12-18)21(29)26(3)4/h5-12,14H,13H2,1-4H3,(H,22,28). The molecule has 150 valence electrons. The molecular formula is C21H24N6O2. The molecule has 0 spiro atoms. The zero-order chi connectivity index (χ0) is 21.0. The molecular weight excluding hydrogens is 368 g/mol. The molecule has 0 atom stereocenters. The van der Waals surface area contributed by atoms with Gasteiger partial charge in [0.15, 0.2) is 0 Å². The average molecular weight is 392 g/mol. The molecule has 3 aromatic rings. The van der Waals surface area contributed by atoms with Crippen LogP contribution in [0.25, 0.3) is 11.4 Å². The first-order valence-corrected chi connectivity index (χ1v) is 9.33. The van der Waals surface area contributed by atoms with Gasteiger partial charge < -0.3 is 10.2 Å². The van der Waals surface area contributed by atoms with Gasteiger partial charge in [-0.3, -0.25) is 9.59 Å². The molecule has 3 rings (SSSR count). The van der Waals surface area contributed by atoms with Gasteiger partial charge in [0.25, 0.3) is 5.91 Å². The highest BCUT2D eigenvalue weighted by Gasteiger charge is 2.11. The van der Waals surface area contributed by atoms with Crippen LogP contribution in [-0.2, 0) is 11.3 Å². The number of hydrogen-bond acceptors (Lipinski definition) is 5. The number of anilines is 1. The van der Waals surface area contributed by atoms with Gasteiger partial charge in [-0.2, -0.15) is 4.80 Å². The van der Waals surface area contributed by atoms with Gasteiger partial charge in [-0.1, -0.05) is 38.1 Å². The minimum atomic E-state index is -0.282. The maximum Gasteiger partial charge on any atom is 0.253 e. The number of rotatable bonds is 6. The van der Waals surface area contributed by atoms with E-state index in [-0.39, 0.29) is 18.4 Å². The third-order valence-electron chi connectivity index (χ3n) is 4.40. The predicted octanol–water partition coefficient (Wildman–Crippen LogP) is 2.80. The third kappa shape index (κ3) is 5.04. The normalized spacial score (nSPS) is 10.8. The molecule has 0 aliphatic heterocycles. The number of amides is 2. The van der Waals surface area contributed by atoms with Crippen molar-refractivity contribution in [2.24, 2.45) is 0 Å². The van der Waals surface area contributed by atoms with Crippen molar-refractivity contribution >= 4 is 17.5 Å². The van der Waals surface area contributed by atoms with Crippen molar-refractivity contribution in [2.75, 3.05) is 19.4 Å². The van der Waals surface area contributed by atoms with E-state index in [1.807, 2.05) is 24.3 Å². The Morgan fingerprint density at radius 1 is 1.03 bits per heavy atom. The maximum atomic E-state index is 12.3. The number of carbonyl (C=O) groups is 2. The number of hydrogen-bond donors (Lipinski definition) is 1. The van der Waals surface area contributed by atoms with E-state index < -0.39 is 0 Å². The second kappa shape index (κ2) is 8.64. The van der Waals surface area contributed by atoms with E-state index in [1.165, 1.54) is 15.3 Å². The Hall–Kier alpha value is -3.55. The fourth-order valence-electron chi connectivity index (χ4n) is 2.73. The lowest BCUT2D eigenvalue weighted by Crippen LogP contribution is -2.22. The highest BCUT2D eigenvalue weighted by atomic mass is 16.2. The molecule has 0 saturated heterocycles. The van der Waals surface area contributed by atoms with Crippen molar-refractivity contribution in [1.82, 2.24) is 25.1 Å². The Bertz CT molecular complexity index is 991. The summed E-state index contributed by atoms with van der Waals surface area (Å²) in [6.07, 6.45) is 0. The first-order chi connectivity index (χ1) is 13.8. The zero-order valence-corrected chi connectivity index (χ0v) is 17.0. The lowest BCUT2D eigenvalue weighted by Gasteiger charge is -2.10. The maximum absolute atomic E-state index is 12.3. The summed E-state index contributed by atoms with van der Waals surface area (Å²) in [6.45, 7) is 4.21. The predicted molar refractivity (Wildman–Crippen MR) is 110 cm³/mol. The van der Waals surface area contributed by atoms with E-state index in [0.29, 0.717) is 23.0 Å². The molecule has 2 aromatic carbocycles. The molecule has 8 nitrogen and oxygen atoms in total. The minimum Gasteiger partial charge on any atom is -0.345 e. The number of nitrogens with one attached hydrogen (secondary N) is 1. The highest BCUT2D eigenvalue weighted by Crippen LogP contribution is 2.19. The summed E-state index contributed by atoms with van der Waals surface area (Å²) < 4.78 is 0. The molecule has 1 aromatic heterocycles. The molecule has 0 aliphatic rings. The smallest absolute Gasteiger partial charge is 0.253 e. The first-order valence-electron chi connectivity index (χ1n) is 9.33. The average Bonchev–Trinajstić information content (AvgIpc) is 3.16. The SMILES string of the molecule is CC(C)c1ccc(-c2nnn(CC(=O)Nc3ccc(C(=O)N(C)C)cc3)n2)cc1. The van der Waals surface area contributed by atoms with Crippen molar-refractivity contribution in [2.45, 2.75) is 26.3 Å². The van der Waals surface area contributed by atoms with Crippen molar-refractivity contribution in [3.05, 3.63) is 59.7 Å². The molecule has 1 heterocycles. The van der Waals surface area contributed by atoms with Gasteiger partial charge in [0.05, 0.1) is 0 Å². The molecule has 0 aliphatic carbocycles. The molecule has 0 bridgehead atoms. The van der Waals surface area contributed by atoms with Crippen LogP contribution < -0.4 is 5.32 Å². The first kappa shape index (κ1) is 20.2. The number of tetrazole rings is 1. The van der Waals surface area contributed by atoms with Crippen LogP contribution in [0, 0.1) is 0 Å². The second-order valence-corrected chi connectivity index (χ2v) is 7.25. The van der Waals surface area contributed by atoms with Crippen LogP contribution in [0.5, 0.6) is 0 Å². The van der Waals surface area contributed by atoms with Crippen LogP contribution in [0.1, 0.15) is 35.7 Å². The summed E-state index contributed by atoms with van der Waals surface area (Å²) in [5.41, 5.74) is 3.23.